The van der Waals surface area contributed by atoms with Gasteiger partial charge in [-0.05, 0) is 31.2 Å². The first kappa shape index (κ1) is 24.5. The highest BCUT2D eigenvalue weighted by Crippen LogP contribution is 2.36. The standard InChI is InChI=1S/C25H24N8O5/c1-5-37-21-13-33(25-28-14-32(2)31-25)30-23(21)24(34)29-22-7-6-15(12-27-22)38-18-8-9-26-17-11-20(36-4)19(35-3)10-16(17)18/h6-14H,5H2,1-4H3,(H,27,29,34). The summed E-state index contributed by atoms with van der Waals surface area (Å²) in [6, 6.07) is 8.63. The van der Waals surface area contributed by atoms with Gasteiger partial charge >= 0.3 is 0 Å². The number of hydrogen-bond donors (Lipinski definition) is 1. The van der Waals surface area contributed by atoms with Crippen molar-refractivity contribution >= 4 is 22.6 Å². The van der Waals surface area contributed by atoms with Gasteiger partial charge in [0.25, 0.3) is 11.9 Å². The molecule has 1 N–H and O–H groups in total. The molecule has 0 spiro atoms. The van der Waals surface area contributed by atoms with E-state index in [9.17, 15) is 4.79 Å². The number of fused-ring (bicyclic) bond motifs is 1. The van der Waals surface area contributed by atoms with Gasteiger partial charge in [-0.2, -0.15) is 10.1 Å². The molecule has 0 atom stereocenters. The highest BCUT2D eigenvalue weighted by Gasteiger charge is 2.21. The van der Waals surface area contributed by atoms with E-state index in [1.165, 1.54) is 21.9 Å². The second kappa shape index (κ2) is 10.4. The lowest BCUT2D eigenvalue weighted by molar-refractivity contribution is 0.101. The Hall–Kier alpha value is -5.20. The third-order valence-electron chi connectivity index (χ3n) is 5.40. The van der Waals surface area contributed by atoms with Crippen LogP contribution in [0.2, 0.25) is 0 Å². The molecule has 0 aliphatic carbocycles. The van der Waals surface area contributed by atoms with Crippen LogP contribution in [-0.2, 0) is 7.05 Å². The number of pyridine rings is 2. The zero-order valence-electron chi connectivity index (χ0n) is 21.1. The Kier molecular flexibility index (Phi) is 6.72. The van der Waals surface area contributed by atoms with Crippen molar-refractivity contribution in [2.75, 3.05) is 26.1 Å². The quantitative estimate of drug-likeness (QED) is 0.310. The number of ether oxygens (including phenoxy) is 4. The summed E-state index contributed by atoms with van der Waals surface area (Å²) in [5.74, 6) is 2.57. The fourth-order valence-corrected chi connectivity index (χ4v) is 3.67. The van der Waals surface area contributed by atoms with Gasteiger partial charge in [-0.3, -0.25) is 14.5 Å². The maximum atomic E-state index is 13.0. The van der Waals surface area contributed by atoms with Crippen molar-refractivity contribution in [1.82, 2.24) is 34.5 Å². The number of amides is 1. The molecule has 0 bridgehead atoms. The van der Waals surface area contributed by atoms with E-state index in [0.717, 1.165) is 5.39 Å². The second-order valence-corrected chi connectivity index (χ2v) is 7.91. The highest BCUT2D eigenvalue weighted by molar-refractivity contribution is 6.04. The Balaban J connectivity index is 1.34. The Morgan fingerprint density at radius 2 is 1.79 bits per heavy atom. The van der Waals surface area contributed by atoms with E-state index in [2.05, 4.69) is 30.5 Å². The van der Waals surface area contributed by atoms with Crippen molar-refractivity contribution in [3.63, 3.8) is 0 Å². The van der Waals surface area contributed by atoms with Crippen molar-refractivity contribution in [3.8, 4) is 34.7 Å². The molecule has 0 saturated heterocycles. The lowest BCUT2D eigenvalue weighted by atomic mass is 10.2. The number of nitrogens with one attached hydrogen (secondary N) is 1. The van der Waals surface area contributed by atoms with E-state index < -0.39 is 5.91 Å². The molecular weight excluding hydrogens is 492 g/mol. The number of methoxy groups -OCH3 is 2. The van der Waals surface area contributed by atoms with Gasteiger partial charge in [-0.1, -0.05) is 0 Å². The van der Waals surface area contributed by atoms with Gasteiger partial charge in [-0.15, -0.1) is 5.10 Å². The largest absolute Gasteiger partial charge is 0.493 e. The molecule has 1 amide bonds. The molecule has 38 heavy (non-hydrogen) atoms. The fraction of sp³-hybridized carbons (Fsp3) is 0.200. The SMILES string of the molecule is CCOc1cn(-c2ncn(C)n2)nc1C(=O)Nc1ccc(Oc2ccnc3cc(OC)c(OC)cc23)cn1. The predicted octanol–water partition coefficient (Wildman–Crippen LogP) is 3.40. The molecule has 0 radical (unpaired) electrons. The van der Waals surface area contributed by atoms with Crippen molar-refractivity contribution in [3.05, 3.63) is 60.9 Å². The van der Waals surface area contributed by atoms with Gasteiger partial charge in [0.05, 0.1) is 38.7 Å². The zero-order chi connectivity index (χ0) is 26.6. The van der Waals surface area contributed by atoms with E-state index in [4.69, 9.17) is 18.9 Å². The summed E-state index contributed by atoms with van der Waals surface area (Å²) in [7, 11) is 4.87. The number of hydrogen-bond acceptors (Lipinski definition) is 10. The minimum atomic E-state index is -0.495. The minimum Gasteiger partial charge on any atom is -0.493 e. The van der Waals surface area contributed by atoms with Crippen LogP contribution in [0.3, 0.4) is 0 Å². The monoisotopic (exact) mass is 516 g/mol. The van der Waals surface area contributed by atoms with Crippen LogP contribution < -0.4 is 24.3 Å². The number of benzene rings is 1. The summed E-state index contributed by atoms with van der Waals surface area (Å²) in [6.45, 7) is 2.17. The zero-order valence-corrected chi connectivity index (χ0v) is 21.1. The molecule has 0 aliphatic heterocycles. The first-order chi connectivity index (χ1) is 18.5. The first-order valence-electron chi connectivity index (χ1n) is 11.5. The molecule has 1 aromatic carbocycles. The van der Waals surface area contributed by atoms with Crippen LogP contribution in [0.25, 0.3) is 16.9 Å². The predicted molar refractivity (Wildman–Crippen MR) is 136 cm³/mol. The van der Waals surface area contributed by atoms with Crippen LogP contribution in [0.1, 0.15) is 17.4 Å². The minimum absolute atomic E-state index is 0.0778. The molecule has 5 rings (SSSR count). The number of aryl methyl sites for hydroxylation is 1. The third kappa shape index (κ3) is 4.89. The van der Waals surface area contributed by atoms with Gasteiger partial charge in [-0.25, -0.2) is 9.67 Å². The molecular formula is C25H24N8O5. The fourth-order valence-electron chi connectivity index (χ4n) is 3.67. The van der Waals surface area contributed by atoms with E-state index >= 15 is 0 Å². The first-order valence-corrected chi connectivity index (χ1v) is 11.5. The summed E-state index contributed by atoms with van der Waals surface area (Å²) in [5, 5.41) is 12.0. The summed E-state index contributed by atoms with van der Waals surface area (Å²) in [6.07, 6.45) is 6.23. The molecule has 0 unspecified atom stereocenters. The number of aromatic nitrogens is 7. The second-order valence-electron chi connectivity index (χ2n) is 7.91. The van der Waals surface area contributed by atoms with Crippen molar-refractivity contribution in [1.29, 1.82) is 0 Å². The third-order valence-corrected chi connectivity index (χ3v) is 5.40. The van der Waals surface area contributed by atoms with E-state index in [-0.39, 0.29) is 5.69 Å². The van der Waals surface area contributed by atoms with Crippen molar-refractivity contribution in [2.45, 2.75) is 6.92 Å². The van der Waals surface area contributed by atoms with Gasteiger partial charge in [0.15, 0.2) is 22.9 Å². The van der Waals surface area contributed by atoms with E-state index in [1.807, 2.05) is 6.92 Å². The van der Waals surface area contributed by atoms with Gasteiger partial charge in [0, 0.05) is 24.7 Å². The molecule has 0 fully saturated rings. The van der Waals surface area contributed by atoms with E-state index in [1.54, 1.807) is 64.0 Å². The Labute approximate surface area is 217 Å². The van der Waals surface area contributed by atoms with E-state index in [0.29, 0.717) is 52.6 Å². The molecule has 5 aromatic rings. The number of rotatable bonds is 9. The van der Waals surface area contributed by atoms with Crippen LogP contribution in [0, 0.1) is 0 Å². The lowest BCUT2D eigenvalue weighted by Crippen LogP contribution is -2.15. The number of carbonyl (C=O) groups is 1. The van der Waals surface area contributed by atoms with Crippen molar-refractivity contribution in [2.24, 2.45) is 7.05 Å². The van der Waals surface area contributed by atoms with Crippen LogP contribution in [0.15, 0.2) is 55.2 Å². The average Bonchev–Trinajstić information content (AvgIpc) is 3.55. The average molecular weight is 517 g/mol. The number of nitrogens with zero attached hydrogens (tertiary/aromatic N) is 7. The van der Waals surface area contributed by atoms with Gasteiger partial charge in [0.2, 0.25) is 0 Å². The maximum absolute atomic E-state index is 13.0. The van der Waals surface area contributed by atoms with Gasteiger partial charge in [0.1, 0.15) is 23.6 Å². The Morgan fingerprint density at radius 3 is 2.47 bits per heavy atom. The lowest BCUT2D eigenvalue weighted by Gasteiger charge is -2.12. The highest BCUT2D eigenvalue weighted by atomic mass is 16.5. The Bertz CT molecular complexity index is 1600. The van der Waals surface area contributed by atoms with Crippen LogP contribution >= 0.6 is 0 Å². The van der Waals surface area contributed by atoms with Gasteiger partial charge < -0.3 is 24.3 Å². The number of carbonyl (C=O) groups excluding carboxylic acids is 1. The van der Waals surface area contributed by atoms with Crippen LogP contribution in [0.5, 0.6) is 28.7 Å². The smallest absolute Gasteiger partial charge is 0.281 e. The normalized spacial score (nSPS) is 10.8. The molecule has 0 aliphatic rings. The van der Waals surface area contributed by atoms with Crippen LogP contribution in [-0.4, -0.2) is 61.2 Å². The molecule has 4 aromatic heterocycles. The molecule has 4 heterocycles. The summed E-state index contributed by atoms with van der Waals surface area (Å²) < 4.78 is 25.3. The molecule has 13 nitrogen and oxygen atoms in total. The summed E-state index contributed by atoms with van der Waals surface area (Å²) in [5.41, 5.74) is 0.761. The Morgan fingerprint density at radius 1 is 0.974 bits per heavy atom. The maximum Gasteiger partial charge on any atom is 0.281 e. The topological polar surface area (TPSA) is 140 Å². The number of anilines is 1. The summed E-state index contributed by atoms with van der Waals surface area (Å²) in [4.78, 5) is 25.8. The molecule has 13 heteroatoms. The molecule has 194 valence electrons. The summed E-state index contributed by atoms with van der Waals surface area (Å²) >= 11 is 0. The van der Waals surface area contributed by atoms with Crippen LogP contribution in [0.4, 0.5) is 5.82 Å². The van der Waals surface area contributed by atoms with Crippen molar-refractivity contribution < 1.29 is 23.7 Å². The molecule has 0 saturated carbocycles.